The maximum Gasteiger partial charge on any atom is 0.152 e. The van der Waals surface area contributed by atoms with Crippen molar-refractivity contribution in [3.8, 4) is 11.3 Å². The summed E-state index contributed by atoms with van der Waals surface area (Å²) in [6.07, 6.45) is 3.54. The highest BCUT2D eigenvalue weighted by atomic mass is 79.9. The Morgan fingerprint density at radius 3 is 3.06 bits per heavy atom. The largest absolute Gasteiger partial charge is 0.366 e. The number of rotatable bonds is 2. The molecule has 1 saturated carbocycles. The third kappa shape index (κ3) is 1.51. The summed E-state index contributed by atoms with van der Waals surface area (Å²) in [7, 11) is 0. The van der Waals surface area contributed by atoms with Crippen LogP contribution < -0.4 is 5.32 Å². The van der Waals surface area contributed by atoms with Crippen LogP contribution in [0.25, 0.3) is 11.3 Å². The van der Waals surface area contributed by atoms with Crippen LogP contribution in [-0.2, 0) is 6.42 Å². The smallest absolute Gasteiger partial charge is 0.152 e. The predicted molar refractivity (Wildman–Crippen MR) is 71.2 cm³/mol. The Kier molecular flexibility index (Phi) is 1.92. The van der Waals surface area contributed by atoms with E-state index in [1.165, 1.54) is 35.2 Å². The molecule has 0 unspecified atom stereocenters. The number of H-pyrrole nitrogens is 1. The molecular formula is C13H12BrN3. The van der Waals surface area contributed by atoms with Gasteiger partial charge in [-0.25, -0.2) is 0 Å². The van der Waals surface area contributed by atoms with Gasteiger partial charge in [-0.3, -0.25) is 5.10 Å². The topological polar surface area (TPSA) is 40.7 Å². The second-order valence-electron chi connectivity index (χ2n) is 4.82. The zero-order chi connectivity index (χ0) is 11.4. The van der Waals surface area contributed by atoms with Crippen LogP contribution in [0.1, 0.15) is 24.0 Å². The van der Waals surface area contributed by atoms with E-state index < -0.39 is 0 Å². The Morgan fingerprint density at radius 2 is 2.24 bits per heavy atom. The highest BCUT2D eigenvalue weighted by Crippen LogP contribution is 2.40. The van der Waals surface area contributed by atoms with E-state index in [0.29, 0.717) is 6.04 Å². The first-order chi connectivity index (χ1) is 8.31. The molecule has 1 heterocycles. The maximum atomic E-state index is 4.39. The van der Waals surface area contributed by atoms with Gasteiger partial charge in [0.2, 0.25) is 0 Å². The van der Waals surface area contributed by atoms with Crippen LogP contribution in [0.15, 0.2) is 22.7 Å². The van der Waals surface area contributed by atoms with Gasteiger partial charge in [0.25, 0.3) is 0 Å². The maximum absolute atomic E-state index is 4.39. The zero-order valence-electron chi connectivity index (χ0n) is 9.26. The van der Waals surface area contributed by atoms with Gasteiger partial charge in [0.1, 0.15) is 0 Å². The molecule has 4 rings (SSSR count). The van der Waals surface area contributed by atoms with Gasteiger partial charge in [-0.05, 0) is 30.5 Å². The number of aromatic nitrogens is 2. The summed E-state index contributed by atoms with van der Waals surface area (Å²) in [6, 6.07) is 7.09. The fourth-order valence-electron chi connectivity index (χ4n) is 2.44. The zero-order valence-corrected chi connectivity index (χ0v) is 10.8. The standard InChI is InChI=1S/C13H12BrN3/c14-8-1-4-10-7(5-8)6-11-12(10)16-17-13(11)15-9-2-3-9/h1,4-5,9H,2-3,6H2,(H2,15,16,17). The molecule has 1 fully saturated rings. The van der Waals surface area contributed by atoms with E-state index in [9.17, 15) is 0 Å². The Bertz CT molecular complexity index is 599. The third-order valence-electron chi connectivity index (χ3n) is 3.49. The molecular weight excluding hydrogens is 278 g/mol. The normalized spacial score (nSPS) is 16.8. The van der Waals surface area contributed by atoms with E-state index >= 15 is 0 Å². The second kappa shape index (κ2) is 3.35. The molecule has 3 nitrogen and oxygen atoms in total. The second-order valence-corrected chi connectivity index (χ2v) is 5.74. The molecule has 1 aromatic heterocycles. The number of hydrogen-bond donors (Lipinski definition) is 2. The van der Waals surface area contributed by atoms with Crippen LogP contribution in [0.5, 0.6) is 0 Å². The summed E-state index contributed by atoms with van der Waals surface area (Å²) < 4.78 is 1.14. The number of fused-ring (bicyclic) bond motifs is 3. The highest BCUT2D eigenvalue weighted by molar-refractivity contribution is 9.10. The molecule has 2 N–H and O–H groups in total. The predicted octanol–water partition coefficient (Wildman–Crippen LogP) is 3.32. The summed E-state index contributed by atoms with van der Waals surface area (Å²) in [5.74, 6) is 1.05. The van der Waals surface area contributed by atoms with Crippen molar-refractivity contribution in [3.05, 3.63) is 33.8 Å². The van der Waals surface area contributed by atoms with Crippen molar-refractivity contribution in [1.29, 1.82) is 0 Å². The van der Waals surface area contributed by atoms with Gasteiger partial charge in [-0.1, -0.05) is 22.0 Å². The Labute approximate surface area is 108 Å². The van der Waals surface area contributed by atoms with Gasteiger partial charge in [0, 0.05) is 28.1 Å². The van der Waals surface area contributed by atoms with Gasteiger partial charge in [0.05, 0.1) is 5.69 Å². The van der Waals surface area contributed by atoms with E-state index in [4.69, 9.17) is 0 Å². The molecule has 0 saturated heterocycles. The SMILES string of the molecule is Brc1ccc2c(c1)Cc1c(NC3CC3)n[nH]c1-2. The molecule has 1 aromatic carbocycles. The number of anilines is 1. The van der Waals surface area contributed by atoms with Crippen molar-refractivity contribution in [1.82, 2.24) is 10.2 Å². The molecule has 86 valence electrons. The van der Waals surface area contributed by atoms with Crippen molar-refractivity contribution in [2.24, 2.45) is 0 Å². The van der Waals surface area contributed by atoms with Gasteiger partial charge in [-0.15, -0.1) is 0 Å². The van der Waals surface area contributed by atoms with Crippen LogP contribution >= 0.6 is 15.9 Å². The molecule has 0 spiro atoms. The Morgan fingerprint density at radius 1 is 1.35 bits per heavy atom. The minimum absolute atomic E-state index is 0.651. The number of benzene rings is 1. The first-order valence-electron chi connectivity index (χ1n) is 5.94. The molecule has 17 heavy (non-hydrogen) atoms. The van der Waals surface area contributed by atoms with Crippen molar-refractivity contribution in [3.63, 3.8) is 0 Å². The monoisotopic (exact) mass is 289 g/mol. The average molecular weight is 290 g/mol. The lowest BCUT2D eigenvalue weighted by Gasteiger charge is -2.01. The fraction of sp³-hybridized carbons (Fsp3) is 0.308. The number of halogens is 1. The summed E-state index contributed by atoms with van der Waals surface area (Å²) in [4.78, 5) is 0. The fourth-order valence-corrected chi connectivity index (χ4v) is 2.85. The number of nitrogens with one attached hydrogen (secondary N) is 2. The molecule has 0 radical (unpaired) electrons. The van der Waals surface area contributed by atoms with Gasteiger partial charge in [0.15, 0.2) is 5.82 Å². The first-order valence-corrected chi connectivity index (χ1v) is 6.73. The van der Waals surface area contributed by atoms with Crippen LogP contribution in [0.2, 0.25) is 0 Å². The van der Waals surface area contributed by atoms with Crippen molar-refractivity contribution in [2.75, 3.05) is 5.32 Å². The molecule has 4 heteroatoms. The molecule has 0 amide bonds. The molecule has 2 aliphatic rings. The molecule has 2 aromatic rings. The van der Waals surface area contributed by atoms with Crippen molar-refractivity contribution < 1.29 is 0 Å². The minimum Gasteiger partial charge on any atom is -0.366 e. The Balaban J connectivity index is 1.78. The van der Waals surface area contributed by atoms with E-state index in [2.05, 4.69) is 49.6 Å². The van der Waals surface area contributed by atoms with Gasteiger partial charge < -0.3 is 5.32 Å². The molecule has 0 bridgehead atoms. The highest BCUT2D eigenvalue weighted by Gasteiger charge is 2.28. The molecule has 0 aliphatic heterocycles. The van der Waals surface area contributed by atoms with Gasteiger partial charge >= 0.3 is 0 Å². The molecule has 2 aliphatic carbocycles. The lowest BCUT2D eigenvalue weighted by Crippen LogP contribution is -2.03. The van der Waals surface area contributed by atoms with Crippen LogP contribution in [-0.4, -0.2) is 16.2 Å². The van der Waals surface area contributed by atoms with E-state index in [1.807, 2.05) is 0 Å². The van der Waals surface area contributed by atoms with E-state index in [1.54, 1.807) is 0 Å². The number of nitrogens with zero attached hydrogens (tertiary/aromatic N) is 1. The number of aromatic amines is 1. The Hall–Kier alpha value is -1.29. The molecule has 0 atom stereocenters. The van der Waals surface area contributed by atoms with E-state index in [0.717, 1.165) is 16.7 Å². The third-order valence-corrected chi connectivity index (χ3v) is 3.98. The van der Waals surface area contributed by atoms with Crippen LogP contribution in [0, 0.1) is 0 Å². The summed E-state index contributed by atoms with van der Waals surface area (Å²) in [5, 5.41) is 11.1. The van der Waals surface area contributed by atoms with Crippen molar-refractivity contribution in [2.45, 2.75) is 25.3 Å². The van der Waals surface area contributed by atoms with E-state index in [-0.39, 0.29) is 0 Å². The van der Waals surface area contributed by atoms with Crippen LogP contribution in [0.4, 0.5) is 5.82 Å². The number of hydrogen-bond acceptors (Lipinski definition) is 2. The lowest BCUT2D eigenvalue weighted by molar-refractivity contribution is 1.04. The average Bonchev–Trinajstić information content (AvgIpc) is 2.93. The minimum atomic E-state index is 0.651. The van der Waals surface area contributed by atoms with Gasteiger partial charge in [-0.2, -0.15) is 5.10 Å². The lowest BCUT2D eigenvalue weighted by atomic mass is 10.1. The van der Waals surface area contributed by atoms with Crippen LogP contribution in [0.3, 0.4) is 0 Å². The van der Waals surface area contributed by atoms with Crippen molar-refractivity contribution >= 4 is 21.7 Å². The summed E-state index contributed by atoms with van der Waals surface area (Å²) in [5.41, 5.74) is 5.18. The first kappa shape index (κ1) is 9.71. The summed E-state index contributed by atoms with van der Waals surface area (Å²) >= 11 is 3.53. The quantitative estimate of drug-likeness (QED) is 0.760. The summed E-state index contributed by atoms with van der Waals surface area (Å²) in [6.45, 7) is 0.